The molecular weight excluding hydrogens is 196 g/mol. The number of nitrogens with two attached hydrogens (primary N) is 1. The molecule has 4 nitrogen and oxygen atoms in total. The van der Waals surface area contributed by atoms with Crippen LogP contribution in [0, 0.1) is 0 Å². The number of hydrogen-bond acceptors (Lipinski definition) is 3. The van der Waals surface area contributed by atoms with Crippen molar-refractivity contribution in [2.45, 2.75) is 0 Å². The molecule has 0 amide bonds. The van der Waals surface area contributed by atoms with Crippen molar-refractivity contribution in [3.8, 4) is 5.95 Å². The van der Waals surface area contributed by atoms with Crippen LogP contribution in [-0.2, 0) is 0 Å². The summed E-state index contributed by atoms with van der Waals surface area (Å²) < 4.78 is 1.75. The lowest BCUT2D eigenvalue weighted by atomic mass is 10.4. The fraction of sp³-hybridized carbons (Fsp3) is 0. The van der Waals surface area contributed by atoms with E-state index in [4.69, 9.17) is 18.0 Å². The van der Waals surface area contributed by atoms with E-state index in [1.54, 1.807) is 23.0 Å². The van der Waals surface area contributed by atoms with Gasteiger partial charge in [-0.05, 0) is 18.2 Å². The molecule has 2 heterocycles. The van der Waals surface area contributed by atoms with Crippen LogP contribution in [0.15, 0.2) is 36.8 Å². The Morgan fingerprint density at radius 3 is 2.64 bits per heavy atom. The zero-order valence-electron chi connectivity index (χ0n) is 7.29. The van der Waals surface area contributed by atoms with E-state index in [1.807, 2.05) is 18.3 Å². The van der Waals surface area contributed by atoms with Crippen LogP contribution in [0.1, 0.15) is 5.69 Å². The molecule has 0 bridgehead atoms. The molecule has 14 heavy (non-hydrogen) atoms. The number of hydrogen-bond donors (Lipinski definition) is 1. The highest BCUT2D eigenvalue weighted by Gasteiger charge is 2.06. The Kier molecular flexibility index (Phi) is 2.24. The third kappa shape index (κ3) is 1.49. The number of rotatable bonds is 2. The summed E-state index contributed by atoms with van der Waals surface area (Å²) in [5.41, 5.74) is 6.29. The summed E-state index contributed by atoms with van der Waals surface area (Å²) in [6, 6.07) is 5.44. The molecule has 2 aromatic heterocycles. The maximum atomic E-state index is 5.55. The lowest BCUT2D eigenvalue weighted by molar-refractivity contribution is 0.927. The van der Waals surface area contributed by atoms with Crippen molar-refractivity contribution in [2.24, 2.45) is 5.73 Å². The van der Waals surface area contributed by atoms with Crippen LogP contribution in [0.4, 0.5) is 0 Å². The van der Waals surface area contributed by atoms with E-state index >= 15 is 0 Å². The van der Waals surface area contributed by atoms with Gasteiger partial charge in [0.1, 0.15) is 4.99 Å². The average Bonchev–Trinajstić information content (AvgIpc) is 2.67. The van der Waals surface area contributed by atoms with Gasteiger partial charge in [0, 0.05) is 18.6 Å². The minimum Gasteiger partial charge on any atom is -0.388 e. The van der Waals surface area contributed by atoms with E-state index in [2.05, 4.69) is 9.97 Å². The summed E-state index contributed by atoms with van der Waals surface area (Å²) in [4.78, 5) is 8.54. The molecule has 0 atom stereocenters. The smallest absolute Gasteiger partial charge is 0.234 e. The van der Waals surface area contributed by atoms with Crippen molar-refractivity contribution in [2.75, 3.05) is 0 Å². The zero-order chi connectivity index (χ0) is 9.97. The molecule has 2 aromatic rings. The van der Waals surface area contributed by atoms with E-state index in [9.17, 15) is 0 Å². The predicted molar refractivity (Wildman–Crippen MR) is 57.2 cm³/mol. The first-order chi connectivity index (χ1) is 6.79. The topological polar surface area (TPSA) is 56.7 Å². The normalized spacial score (nSPS) is 10.0. The highest BCUT2D eigenvalue weighted by atomic mass is 32.1. The third-order valence-electron chi connectivity index (χ3n) is 1.77. The fourth-order valence-electron chi connectivity index (χ4n) is 1.17. The van der Waals surface area contributed by atoms with E-state index < -0.39 is 0 Å². The van der Waals surface area contributed by atoms with Crippen molar-refractivity contribution in [3.05, 3.63) is 42.5 Å². The number of nitrogens with zero attached hydrogens (tertiary/aromatic N) is 3. The highest BCUT2D eigenvalue weighted by Crippen LogP contribution is 2.07. The van der Waals surface area contributed by atoms with Gasteiger partial charge in [0.05, 0.1) is 5.69 Å². The summed E-state index contributed by atoms with van der Waals surface area (Å²) in [5.74, 6) is 0.570. The van der Waals surface area contributed by atoms with Crippen LogP contribution in [0.3, 0.4) is 0 Å². The van der Waals surface area contributed by atoms with Crippen LogP contribution in [0.25, 0.3) is 5.95 Å². The summed E-state index contributed by atoms with van der Waals surface area (Å²) in [6.45, 7) is 0. The molecule has 70 valence electrons. The predicted octanol–water partition coefficient (Wildman–Crippen LogP) is 0.901. The molecule has 0 aliphatic heterocycles. The lowest BCUT2D eigenvalue weighted by Crippen LogP contribution is -2.15. The summed E-state index contributed by atoms with van der Waals surface area (Å²) in [7, 11) is 0. The number of aromatic nitrogens is 3. The molecule has 0 fully saturated rings. The van der Waals surface area contributed by atoms with Gasteiger partial charge in [-0.25, -0.2) is 9.97 Å². The maximum absolute atomic E-state index is 5.55. The Balaban J connectivity index is 2.52. The molecule has 0 radical (unpaired) electrons. The van der Waals surface area contributed by atoms with Crippen molar-refractivity contribution < 1.29 is 0 Å². The lowest BCUT2D eigenvalue weighted by Gasteiger charge is -2.04. The minimum absolute atomic E-state index is 0.336. The van der Waals surface area contributed by atoms with Crippen molar-refractivity contribution in [3.63, 3.8) is 0 Å². The molecule has 5 heteroatoms. The average molecular weight is 204 g/mol. The van der Waals surface area contributed by atoms with Gasteiger partial charge in [0.2, 0.25) is 5.95 Å². The van der Waals surface area contributed by atoms with Gasteiger partial charge in [-0.2, -0.15) is 0 Å². The minimum atomic E-state index is 0.336. The summed E-state index contributed by atoms with van der Waals surface area (Å²) >= 11 is 4.90. The fourth-order valence-corrected chi connectivity index (χ4v) is 1.34. The molecule has 2 N–H and O–H groups in total. The molecular formula is C9H8N4S. The highest BCUT2D eigenvalue weighted by molar-refractivity contribution is 7.80. The molecule has 0 aliphatic carbocycles. The number of thiocarbonyl (C=S) groups is 1. The molecule has 2 rings (SSSR count). The van der Waals surface area contributed by atoms with Crippen LogP contribution < -0.4 is 5.73 Å². The second-order valence-electron chi connectivity index (χ2n) is 2.68. The Morgan fingerprint density at radius 1 is 1.29 bits per heavy atom. The third-order valence-corrected chi connectivity index (χ3v) is 1.98. The largest absolute Gasteiger partial charge is 0.388 e. The first kappa shape index (κ1) is 8.83. The molecule has 0 saturated heterocycles. The Hall–Kier alpha value is -1.75. The summed E-state index contributed by atoms with van der Waals surface area (Å²) in [6.07, 6.45) is 5.17. The van der Waals surface area contributed by atoms with Gasteiger partial charge in [-0.15, -0.1) is 0 Å². The maximum Gasteiger partial charge on any atom is 0.234 e. The van der Waals surface area contributed by atoms with Crippen LogP contribution in [0.2, 0.25) is 0 Å². The first-order valence-corrected chi connectivity index (χ1v) is 4.44. The first-order valence-electron chi connectivity index (χ1n) is 4.03. The molecule has 0 saturated carbocycles. The molecule has 0 aromatic carbocycles. The van der Waals surface area contributed by atoms with Gasteiger partial charge < -0.3 is 5.73 Å². The van der Waals surface area contributed by atoms with Gasteiger partial charge in [0.15, 0.2) is 0 Å². The molecule has 0 unspecified atom stereocenters. The standard InChI is InChI=1S/C9H8N4S/c10-8(14)7-3-1-6-13(7)9-11-4-2-5-12-9/h1-6H,(H2,10,14). The van der Waals surface area contributed by atoms with Gasteiger partial charge in [0.25, 0.3) is 0 Å². The SMILES string of the molecule is NC(=S)c1cccn1-c1ncccn1. The second-order valence-corrected chi connectivity index (χ2v) is 3.12. The van der Waals surface area contributed by atoms with E-state index in [-0.39, 0.29) is 0 Å². The van der Waals surface area contributed by atoms with Crippen LogP contribution in [-0.4, -0.2) is 19.5 Å². The molecule has 0 spiro atoms. The van der Waals surface area contributed by atoms with Crippen molar-refractivity contribution in [1.82, 2.24) is 14.5 Å². The second kappa shape index (κ2) is 3.55. The Bertz CT molecular complexity index is 449. The quantitative estimate of drug-likeness (QED) is 0.738. The van der Waals surface area contributed by atoms with Gasteiger partial charge in [-0.3, -0.25) is 4.57 Å². The van der Waals surface area contributed by atoms with E-state index in [1.165, 1.54) is 0 Å². The van der Waals surface area contributed by atoms with Crippen molar-refractivity contribution in [1.29, 1.82) is 0 Å². The Morgan fingerprint density at radius 2 is 2.00 bits per heavy atom. The van der Waals surface area contributed by atoms with Gasteiger partial charge >= 0.3 is 0 Å². The monoisotopic (exact) mass is 204 g/mol. The van der Waals surface area contributed by atoms with Crippen LogP contribution in [0.5, 0.6) is 0 Å². The van der Waals surface area contributed by atoms with Gasteiger partial charge in [-0.1, -0.05) is 12.2 Å². The van der Waals surface area contributed by atoms with Crippen LogP contribution >= 0.6 is 12.2 Å². The summed E-state index contributed by atoms with van der Waals surface area (Å²) in [5, 5.41) is 0. The molecule has 0 aliphatic rings. The Labute approximate surface area is 86.4 Å². The zero-order valence-corrected chi connectivity index (χ0v) is 8.11. The van der Waals surface area contributed by atoms with E-state index in [0.29, 0.717) is 10.9 Å². The van der Waals surface area contributed by atoms with Crippen molar-refractivity contribution >= 4 is 17.2 Å². The van der Waals surface area contributed by atoms with E-state index in [0.717, 1.165) is 5.69 Å².